The van der Waals surface area contributed by atoms with Crippen molar-refractivity contribution in [2.45, 2.75) is 225 Å². The van der Waals surface area contributed by atoms with E-state index in [1.54, 1.807) is 41.1 Å². The number of fused-ring (bicyclic) bond motifs is 3. The minimum Gasteiger partial charge on any atom is -0.460 e. The number of rotatable bonds is 15. The van der Waals surface area contributed by atoms with Crippen LogP contribution in [-0.2, 0) is 61.6 Å². The highest BCUT2D eigenvalue weighted by atomic mass is 28.4. The average molecular weight is 1130 g/mol. The van der Waals surface area contributed by atoms with E-state index in [9.17, 15) is 34.2 Å². The highest BCUT2D eigenvalue weighted by molar-refractivity contribution is 6.74. The molecule has 0 spiro atoms. The molecule has 4 rings (SSSR count). The number of esters is 1. The Kier molecular flexibility index (Phi) is 27.6. The number of Topliss-reactive ketones (excluding diaryl/α,β-unsaturated/α-hetero) is 3. The Morgan fingerprint density at radius 3 is 2.22 bits per heavy atom. The summed E-state index contributed by atoms with van der Waals surface area (Å²) in [6.45, 7) is 25.9. The van der Waals surface area contributed by atoms with E-state index >= 15 is 0 Å². The predicted molar refractivity (Wildman–Crippen MR) is 307 cm³/mol. The lowest BCUT2D eigenvalue weighted by Crippen LogP contribution is -2.61. The molecule has 4 aliphatic rings. The SMILES string of the molecule is COCCO[C@H]1C[C@@H]2CC[C@@H](C)[C@@](O)(O2)C(=O)C(=O)N2CCCCC2C(=O)O[C@H]([C@H](C)C[C@@H]2CC[C@@H](OCCCO[Si](C)(C)C(C)(C)C)[C@H](OC)C2)CC(=O)[C@H](C)/C=C(\C)[C@@H](O)[C@@H](OC)C(=O)[C@H](C)C[C@H](C)/C=C/C=C/C=C/1C. The van der Waals surface area contributed by atoms with E-state index < -0.39 is 86.1 Å². The van der Waals surface area contributed by atoms with Crippen LogP contribution < -0.4 is 0 Å². The van der Waals surface area contributed by atoms with Crippen molar-refractivity contribution in [3.63, 3.8) is 0 Å². The monoisotopic (exact) mass is 1130 g/mol. The summed E-state index contributed by atoms with van der Waals surface area (Å²) >= 11 is 0. The highest BCUT2D eigenvalue weighted by Crippen LogP contribution is 2.39. The molecule has 1 saturated carbocycles. The maximum atomic E-state index is 14.7. The fourth-order valence-electron chi connectivity index (χ4n) is 11.3. The molecule has 2 bridgehead atoms. The topological polar surface area (TPSA) is 203 Å². The van der Waals surface area contributed by atoms with Gasteiger partial charge in [-0.05, 0) is 132 Å². The summed E-state index contributed by atoms with van der Waals surface area (Å²) in [6.07, 6.45) is 13.0. The van der Waals surface area contributed by atoms with Crippen molar-refractivity contribution in [3.8, 4) is 0 Å². The van der Waals surface area contributed by atoms with Gasteiger partial charge in [0.15, 0.2) is 14.1 Å². The van der Waals surface area contributed by atoms with Gasteiger partial charge >= 0.3 is 5.97 Å². The first-order valence-corrected chi connectivity index (χ1v) is 32.4. The van der Waals surface area contributed by atoms with Crippen molar-refractivity contribution in [1.82, 2.24) is 4.90 Å². The number of ether oxygens (including phenoxy) is 7. The summed E-state index contributed by atoms with van der Waals surface area (Å²) in [5, 5.41) is 23.9. The lowest BCUT2D eigenvalue weighted by Gasteiger charge is -2.43. The van der Waals surface area contributed by atoms with Crippen molar-refractivity contribution < 1.29 is 71.8 Å². The summed E-state index contributed by atoms with van der Waals surface area (Å²) in [7, 11) is 2.80. The number of cyclic esters (lactones) is 1. The molecule has 1 aliphatic carbocycles. The van der Waals surface area contributed by atoms with Crippen LogP contribution in [0.15, 0.2) is 47.6 Å². The molecule has 2 N–H and O–H groups in total. The number of allylic oxidation sites excluding steroid dienone is 6. The first kappa shape index (κ1) is 68.3. The molecule has 0 aromatic heterocycles. The normalized spacial score (nSPS) is 35.8. The van der Waals surface area contributed by atoms with Crippen LogP contribution in [0.4, 0.5) is 0 Å². The van der Waals surface area contributed by atoms with E-state index in [2.05, 4.69) is 33.9 Å². The predicted octanol–water partition coefficient (Wildman–Crippen LogP) is 9.63. The lowest BCUT2D eigenvalue weighted by molar-refractivity contribution is -0.266. The maximum absolute atomic E-state index is 14.7. The van der Waals surface area contributed by atoms with Crippen LogP contribution in [-0.4, -0.2) is 162 Å². The third kappa shape index (κ3) is 19.7. The first-order valence-electron chi connectivity index (χ1n) is 29.5. The standard InChI is InChI=1S/C62H103NO15Si/c1-40-22-17-16-18-23-41(2)52(75-33-32-71-11)38-48-27-25-46(7)62(70,78-48)58(67)59(68)63-29-20-19-24-49(63)60(69)77-53(39-50(64)42(3)35-45(6)56(66)57(73-13)55(65)44(5)34-40)43(4)36-47-26-28-51(54(37-47)72-12)74-30-21-31-76-79(14,15)61(8,9)10/h16-18,22-23,35,40,42-44,46-49,51-54,56-57,66,70H,19-21,24-34,36-39H2,1-15H3/b18-16+,22-17+,41-23+,45-35+/t40-,42-,43-,44-,46-,47+,48+,49?,51-,52+,53+,54-,56-,57+,62-/m1/s1. The van der Waals surface area contributed by atoms with Gasteiger partial charge in [-0.2, -0.15) is 0 Å². The zero-order valence-corrected chi connectivity index (χ0v) is 51.9. The van der Waals surface area contributed by atoms with E-state index in [-0.39, 0.29) is 79.0 Å². The van der Waals surface area contributed by atoms with Gasteiger partial charge < -0.3 is 52.7 Å². The summed E-state index contributed by atoms with van der Waals surface area (Å²) in [4.78, 5) is 73.2. The van der Waals surface area contributed by atoms with Gasteiger partial charge in [0.25, 0.3) is 11.7 Å². The molecule has 3 fully saturated rings. The quantitative estimate of drug-likeness (QED) is 0.0515. The Labute approximate surface area is 475 Å². The molecular weight excluding hydrogens is 1030 g/mol. The van der Waals surface area contributed by atoms with Gasteiger partial charge in [-0.1, -0.05) is 91.8 Å². The Morgan fingerprint density at radius 2 is 1.54 bits per heavy atom. The molecule has 2 saturated heterocycles. The number of carbonyl (C=O) groups excluding carboxylic acids is 5. The summed E-state index contributed by atoms with van der Waals surface area (Å²) in [5.41, 5.74) is 1.26. The van der Waals surface area contributed by atoms with Crippen molar-refractivity contribution >= 4 is 37.5 Å². The number of carbonyl (C=O) groups is 5. The maximum Gasteiger partial charge on any atom is 0.329 e. The average Bonchev–Trinajstić information content (AvgIpc) is 3.41. The second-order valence-electron chi connectivity index (χ2n) is 25.0. The Balaban J connectivity index is 1.65. The third-order valence-corrected chi connectivity index (χ3v) is 22.2. The zero-order chi connectivity index (χ0) is 58.8. The second kappa shape index (κ2) is 32.0. The molecule has 0 aromatic carbocycles. The summed E-state index contributed by atoms with van der Waals surface area (Å²) in [6, 6.07) is -1.15. The number of aliphatic hydroxyl groups is 2. The number of amides is 1. The minimum absolute atomic E-state index is 0.00178. The molecule has 1 unspecified atom stereocenters. The lowest BCUT2D eigenvalue weighted by atomic mass is 9.78. The van der Waals surface area contributed by atoms with Crippen LogP contribution in [0.3, 0.4) is 0 Å². The van der Waals surface area contributed by atoms with Crippen molar-refractivity contribution in [2.75, 3.05) is 54.3 Å². The van der Waals surface area contributed by atoms with E-state index in [1.807, 2.05) is 58.1 Å². The molecular formula is C62H103NO15Si. The van der Waals surface area contributed by atoms with Crippen LogP contribution >= 0.6 is 0 Å². The second-order valence-corrected chi connectivity index (χ2v) is 29.8. The first-order chi connectivity index (χ1) is 37.2. The fourth-order valence-corrected chi connectivity index (χ4v) is 12.4. The van der Waals surface area contributed by atoms with Crippen LogP contribution in [0.25, 0.3) is 0 Å². The van der Waals surface area contributed by atoms with E-state index in [1.165, 1.54) is 12.0 Å². The van der Waals surface area contributed by atoms with Gasteiger partial charge in [-0.3, -0.25) is 19.2 Å². The third-order valence-electron chi connectivity index (χ3n) is 17.7. The van der Waals surface area contributed by atoms with Gasteiger partial charge in [0.1, 0.15) is 30.1 Å². The van der Waals surface area contributed by atoms with Gasteiger partial charge in [0.2, 0.25) is 5.79 Å². The molecule has 1 amide bonds. The fraction of sp³-hybridized carbons (Fsp3) is 0.790. The van der Waals surface area contributed by atoms with Crippen LogP contribution in [0.1, 0.15) is 153 Å². The van der Waals surface area contributed by atoms with E-state index in [4.69, 9.17) is 37.6 Å². The van der Waals surface area contributed by atoms with Gasteiger partial charge in [0.05, 0.1) is 37.6 Å². The number of aliphatic hydroxyl groups excluding tert-OH is 1. The van der Waals surface area contributed by atoms with E-state index in [0.717, 1.165) is 24.8 Å². The van der Waals surface area contributed by atoms with Crippen LogP contribution in [0, 0.1) is 35.5 Å². The summed E-state index contributed by atoms with van der Waals surface area (Å²) < 4.78 is 48.7. The molecule has 17 heteroatoms. The van der Waals surface area contributed by atoms with Crippen molar-refractivity contribution in [1.29, 1.82) is 0 Å². The number of ketones is 3. The summed E-state index contributed by atoms with van der Waals surface area (Å²) in [5.74, 6) is -7.98. The molecule has 15 atom stereocenters. The Morgan fingerprint density at radius 1 is 0.823 bits per heavy atom. The Hall–Kier alpha value is -3.23. The number of nitrogens with zero attached hydrogens (tertiary/aromatic N) is 1. The molecule has 0 aromatic rings. The Bertz CT molecular complexity index is 2100. The van der Waals surface area contributed by atoms with E-state index in [0.29, 0.717) is 70.3 Å². The van der Waals surface area contributed by atoms with Crippen molar-refractivity contribution in [2.24, 2.45) is 35.5 Å². The molecule has 3 heterocycles. The van der Waals surface area contributed by atoms with Gasteiger partial charge in [0, 0.05) is 71.7 Å². The highest BCUT2D eigenvalue weighted by Gasteiger charge is 2.53. The smallest absolute Gasteiger partial charge is 0.329 e. The van der Waals surface area contributed by atoms with Crippen molar-refractivity contribution in [3.05, 3.63) is 47.6 Å². The zero-order valence-electron chi connectivity index (χ0n) is 50.9. The number of piperidine rings is 1. The minimum atomic E-state index is -2.46. The number of hydrogen-bond acceptors (Lipinski definition) is 15. The molecule has 3 aliphatic heterocycles. The largest absolute Gasteiger partial charge is 0.460 e. The molecule has 16 nitrogen and oxygen atoms in total. The molecule has 79 heavy (non-hydrogen) atoms. The number of methoxy groups -OCH3 is 3. The number of hydrogen-bond donors (Lipinski definition) is 2. The van der Waals surface area contributed by atoms with Gasteiger partial charge in [-0.25, -0.2) is 4.79 Å². The molecule has 450 valence electrons. The molecule has 0 radical (unpaired) electrons. The van der Waals surface area contributed by atoms with Crippen LogP contribution in [0.5, 0.6) is 0 Å². The van der Waals surface area contributed by atoms with Gasteiger partial charge in [-0.15, -0.1) is 0 Å². The van der Waals surface area contributed by atoms with Crippen LogP contribution in [0.2, 0.25) is 18.1 Å².